The van der Waals surface area contributed by atoms with Crippen molar-refractivity contribution in [2.24, 2.45) is 5.73 Å². The van der Waals surface area contributed by atoms with Gasteiger partial charge in [-0.25, -0.2) is 8.42 Å². The van der Waals surface area contributed by atoms with Gasteiger partial charge < -0.3 is 10.5 Å². The van der Waals surface area contributed by atoms with E-state index in [-0.39, 0.29) is 12.6 Å². The molecule has 1 aliphatic heterocycles. The van der Waals surface area contributed by atoms with Gasteiger partial charge in [0, 0.05) is 19.6 Å². The maximum atomic E-state index is 11.5. The van der Waals surface area contributed by atoms with E-state index in [0.717, 1.165) is 0 Å². The number of hydrogen-bond acceptors (Lipinski definition) is 5. The summed E-state index contributed by atoms with van der Waals surface area (Å²) in [4.78, 5) is 0. The van der Waals surface area contributed by atoms with Crippen LogP contribution in [0.25, 0.3) is 0 Å². The van der Waals surface area contributed by atoms with Crippen LogP contribution >= 0.6 is 0 Å². The second-order valence-corrected chi connectivity index (χ2v) is 4.97. The summed E-state index contributed by atoms with van der Waals surface area (Å²) >= 11 is 0. The summed E-state index contributed by atoms with van der Waals surface area (Å²) in [6, 6.07) is 1.64. The summed E-state index contributed by atoms with van der Waals surface area (Å²) in [6.45, 7) is 1.19. The van der Waals surface area contributed by atoms with Crippen LogP contribution in [0.3, 0.4) is 0 Å². The van der Waals surface area contributed by atoms with E-state index >= 15 is 0 Å². The molecule has 0 spiro atoms. The molecule has 0 aromatic heterocycles. The second kappa shape index (κ2) is 4.70. The molecule has 1 fully saturated rings. The zero-order valence-electron chi connectivity index (χ0n) is 7.72. The maximum Gasteiger partial charge on any atom is 0.227 e. The third-order valence-electron chi connectivity index (χ3n) is 2.00. The van der Waals surface area contributed by atoms with Crippen molar-refractivity contribution < 1.29 is 13.2 Å². The van der Waals surface area contributed by atoms with Gasteiger partial charge >= 0.3 is 0 Å². The molecule has 1 aliphatic rings. The average molecular weight is 219 g/mol. The molecule has 0 amide bonds. The minimum absolute atomic E-state index is 0.251. The van der Waals surface area contributed by atoms with Gasteiger partial charge in [-0.3, -0.25) is 0 Å². The van der Waals surface area contributed by atoms with E-state index in [0.29, 0.717) is 19.7 Å². The van der Waals surface area contributed by atoms with Crippen LogP contribution in [0.15, 0.2) is 0 Å². The fraction of sp³-hybridized carbons (Fsp3) is 0.857. The van der Waals surface area contributed by atoms with Crippen LogP contribution in [0.1, 0.15) is 0 Å². The summed E-state index contributed by atoms with van der Waals surface area (Å²) in [5.74, 6) is -0.482. The Hall–Kier alpha value is -0.680. The third-order valence-corrected chi connectivity index (χ3v) is 3.62. The van der Waals surface area contributed by atoms with Gasteiger partial charge in [0.15, 0.2) is 5.75 Å². The molecule has 1 saturated heterocycles. The van der Waals surface area contributed by atoms with Crippen molar-refractivity contribution in [2.75, 3.05) is 32.0 Å². The smallest absolute Gasteiger partial charge is 0.227 e. The van der Waals surface area contributed by atoms with Crippen LogP contribution in [-0.4, -0.2) is 50.8 Å². The first-order valence-electron chi connectivity index (χ1n) is 4.26. The molecule has 0 aromatic carbocycles. The lowest BCUT2D eigenvalue weighted by atomic mass is 10.3. The van der Waals surface area contributed by atoms with Crippen LogP contribution < -0.4 is 5.73 Å². The standard InChI is InChI=1S/C7H13N3O3S/c8-1-4-14(11,12)10-2-3-13-7(5-9)6-10/h7H,2-6,9H2. The zero-order chi connectivity index (χ0) is 10.6. The Balaban J connectivity index is 2.65. The molecule has 0 bridgehead atoms. The van der Waals surface area contributed by atoms with Crippen LogP contribution in [0, 0.1) is 11.3 Å². The quantitative estimate of drug-likeness (QED) is 0.623. The Morgan fingerprint density at radius 1 is 1.64 bits per heavy atom. The van der Waals surface area contributed by atoms with E-state index in [2.05, 4.69) is 0 Å². The van der Waals surface area contributed by atoms with Crippen LogP contribution in [0.5, 0.6) is 0 Å². The summed E-state index contributed by atoms with van der Waals surface area (Å²) in [5.41, 5.74) is 5.37. The van der Waals surface area contributed by atoms with Crippen molar-refractivity contribution in [3.63, 3.8) is 0 Å². The molecule has 0 radical (unpaired) electrons. The first-order chi connectivity index (χ1) is 6.60. The number of nitriles is 1. The Labute approximate surface area is 83.3 Å². The predicted octanol–water partition coefficient (Wildman–Crippen LogP) is -1.50. The Morgan fingerprint density at radius 2 is 2.36 bits per heavy atom. The number of rotatable bonds is 3. The lowest BCUT2D eigenvalue weighted by molar-refractivity contribution is 0.00462. The van der Waals surface area contributed by atoms with E-state index in [9.17, 15) is 8.42 Å². The average Bonchev–Trinajstić information content (AvgIpc) is 2.18. The zero-order valence-corrected chi connectivity index (χ0v) is 8.53. The highest BCUT2D eigenvalue weighted by Gasteiger charge is 2.28. The minimum atomic E-state index is -3.44. The molecular weight excluding hydrogens is 206 g/mol. The van der Waals surface area contributed by atoms with Gasteiger partial charge in [0.2, 0.25) is 10.0 Å². The maximum absolute atomic E-state index is 11.5. The molecule has 1 heterocycles. The molecule has 14 heavy (non-hydrogen) atoms. The van der Waals surface area contributed by atoms with E-state index < -0.39 is 15.8 Å². The van der Waals surface area contributed by atoms with Crippen molar-refractivity contribution in [1.29, 1.82) is 5.26 Å². The fourth-order valence-electron chi connectivity index (χ4n) is 1.26. The van der Waals surface area contributed by atoms with E-state index in [4.69, 9.17) is 15.7 Å². The van der Waals surface area contributed by atoms with Gasteiger partial charge in [0.1, 0.15) is 0 Å². The van der Waals surface area contributed by atoms with Crippen molar-refractivity contribution in [1.82, 2.24) is 4.31 Å². The molecule has 6 nitrogen and oxygen atoms in total. The minimum Gasteiger partial charge on any atom is -0.374 e. The van der Waals surface area contributed by atoms with Crippen molar-refractivity contribution in [3.8, 4) is 6.07 Å². The van der Waals surface area contributed by atoms with Gasteiger partial charge in [-0.1, -0.05) is 0 Å². The van der Waals surface area contributed by atoms with E-state index in [1.54, 1.807) is 6.07 Å². The SMILES string of the molecule is N#CCS(=O)(=O)N1CCOC(CN)C1. The number of ether oxygens (including phenoxy) is 1. The number of nitrogens with zero attached hydrogens (tertiary/aromatic N) is 2. The molecule has 7 heteroatoms. The summed E-state index contributed by atoms with van der Waals surface area (Å²) < 4.78 is 29.4. The van der Waals surface area contributed by atoms with Gasteiger partial charge in [0.05, 0.1) is 18.8 Å². The molecule has 1 rings (SSSR count). The van der Waals surface area contributed by atoms with E-state index in [1.807, 2.05) is 0 Å². The van der Waals surface area contributed by atoms with Gasteiger partial charge in [0.25, 0.3) is 0 Å². The second-order valence-electron chi connectivity index (χ2n) is 3.00. The summed E-state index contributed by atoms with van der Waals surface area (Å²) in [5, 5.41) is 8.34. The van der Waals surface area contributed by atoms with Crippen molar-refractivity contribution in [2.45, 2.75) is 6.10 Å². The molecule has 0 aliphatic carbocycles. The summed E-state index contributed by atoms with van der Waals surface area (Å²) in [7, 11) is -3.44. The molecule has 80 valence electrons. The van der Waals surface area contributed by atoms with Gasteiger partial charge in [-0.05, 0) is 0 Å². The van der Waals surface area contributed by atoms with Crippen molar-refractivity contribution >= 4 is 10.0 Å². The number of hydrogen-bond donors (Lipinski definition) is 1. The molecule has 0 saturated carbocycles. The van der Waals surface area contributed by atoms with E-state index in [1.165, 1.54) is 4.31 Å². The largest absolute Gasteiger partial charge is 0.374 e. The van der Waals surface area contributed by atoms with Crippen LogP contribution in [0.2, 0.25) is 0 Å². The number of sulfonamides is 1. The van der Waals surface area contributed by atoms with Crippen LogP contribution in [-0.2, 0) is 14.8 Å². The molecular formula is C7H13N3O3S. The third kappa shape index (κ3) is 2.65. The first kappa shape index (κ1) is 11.4. The number of nitrogens with two attached hydrogens (primary N) is 1. The highest BCUT2D eigenvalue weighted by Crippen LogP contribution is 2.09. The molecule has 1 unspecified atom stereocenters. The monoisotopic (exact) mass is 219 g/mol. The van der Waals surface area contributed by atoms with Gasteiger partial charge in [-0.2, -0.15) is 9.57 Å². The summed E-state index contributed by atoms with van der Waals surface area (Å²) in [6.07, 6.45) is -0.253. The normalized spacial score (nSPS) is 24.4. The first-order valence-corrected chi connectivity index (χ1v) is 5.87. The molecule has 0 aromatic rings. The lowest BCUT2D eigenvalue weighted by Crippen LogP contribution is -2.48. The topological polar surface area (TPSA) is 96.4 Å². The Bertz CT molecular complexity index is 322. The Morgan fingerprint density at radius 3 is 2.93 bits per heavy atom. The fourth-order valence-corrected chi connectivity index (χ4v) is 2.35. The predicted molar refractivity (Wildman–Crippen MR) is 49.8 cm³/mol. The van der Waals surface area contributed by atoms with Crippen molar-refractivity contribution in [3.05, 3.63) is 0 Å². The lowest BCUT2D eigenvalue weighted by Gasteiger charge is -2.30. The number of morpholine rings is 1. The molecule has 1 atom stereocenters. The molecule has 2 N–H and O–H groups in total. The highest BCUT2D eigenvalue weighted by atomic mass is 32.2. The van der Waals surface area contributed by atoms with Crippen LogP contribution in [0.4, 0.5) is 0 Å². The Kier molecular flexibility index (Phi) is 3.83. The van der Waals surface area contributed by atoms with Gasteiger partial charge in [-0.15, -0.1) is 0 Å². The highest BCUT2D eigenvalue weighted by molar-refractivity contribution is 7.89.